The topological polar surface area (TPSA) is 86.8 Å². The fraction of sp³-hybridized carbons (Fsp3) is 0.231. The van der Waals surface area contributed by atoms with Gasteiger partial charge in [0.1, 0.15) is 18.4 Å². The minimum Gasteiger partial charge on any atom is -0.357 e. The largest absolute Gasteiger partial charge is 0.357 e. The first kappa shape index (κ1) is 29.7. The lowest BCUT2D eigenvalue weighted by Gasteiger charge is -2.33. The van der Waals surface area contributed by atoms with Gasteiger partial charge in [-0.05, 0) is 23.8 Å². The highest BCUT2D eigenvalue weighted by atomic mass is 35.5. The minimum atomic E-state index is -4.07. The molecule has 38 heavy (non-hydrogen) atoms. The van der Waals surface area contributed by atoms with Gasteiger partial charge >= 0.3 is 0 Å². The number of hydrogen-bond donors (Lipinski definition) is 1. The standard InChI is InChI=1S/C26H25Cl3FN3O4S/c1-31-26(35)24(12-17-8-4-3-5-9-17)32(15-18-10-6-7-11-22(18)30)25(34)16-33(38(2,36)37)23-14-20(28)19(27)13-21(23)29/h3-11,13-14,24H,12,15-16H2,1-2H3,(H,31,35). The zero-order valence-corrected chi connectivity index (χ0v) is 23.6. The molecule has 202 valence electrons. The number of sulfonamides is 1. The summed E-state index contributed by atoms with van der Waals surface area (Å²) in [5.41, 5.74) is 0.837. The van der Waals surface area contributed by atoms with Crippen LogP contribution in [0.4, 0.5) is 10.1 Å². The van der Waals surface area contributed by atoms with Crippen LogP contribution in [0.25, 0.3) is 0 Å². The van der Waals surface area contributed by atoms with E-state index in [-0.39, 0.29) is 39.3 Å². The zero-order valence-electron chi connectivity index (χ0n) is 20.5. The van der Waals surface area contributed by atoms with Crippen LogP contribution in [-0.4, -0.2) is 51.0 Å². The molecule has 0 aliphatic heterocycles. The molecule has 3 rings (SSSR count). The molecule has 1 N–H and O–H groups in total. The molecule has 0 aliphatic carbocycles. The normalized spacial score (nSPS) is 12.1. The van der Waals surface area contributed by atoms with Crippen molar-refractivity contribution in [2.45, 2.75) is 19.0 Å². The van der Waals surface area contributed by atoms with Crippen LogP contribution in [0, 0.1) is 5.82 Å². The molecule has 3 aromatic rings. The van der Waals surface area contributed by atoms with E-state index >= 15 is 0 Å². The van der Waals surface area contributed by atoms with E-state index in [1.807, 2.05) is 6.07 Å². The van der Waals surface area contributed by atoms with Gasteiger partial charge in [-0.25, -0.2) is 12.8 Å². The summed E-state index contributed by atoms with van der Waals surface area (Å²) in [6, 6.07) is 16.2. The summed E-state index contributed by atoms with van der Waals surface area (Å²) in [7, 11) is -2.64. The van der Waals surface area contributed by atoms with Gasteiger partial charge in [-0.3, -0.25) is 13.9 Å². The van der Waals surface area contributed by atoms with Crippen molar-refractivity contribution in [2.24, 2.45) is 0 Å². The smallest absolute Gasteiger partial charge is 0.244 e. The summed E-state index contributed by atoms with van der Waals surface area (Å²) in [6.07, 6.45) is 1.01. The number of nitrogens with zero attached hydrogens (tertiary/aromatic N) is 2. The fourth-order valence-corrected chi connectivity index (χ4v) is 5.38. The maximum Gasteiger partial charge on any atom is 0.244 e. The van der Waals surface area contributed by atoms with Crippen molar-refractivity contribution in [3.63, 3.8) is 0 Å². The number of hydrogen-bond acceptors (Lipinski definition) is 4. The predicted octanol–water partition coefficient (Wildman–Crippen LogP) is 4.94. The van der Waals surface area contributed by atoms with Crippen LogP contribution in [0.3, 0.4) is 0 Å². The number of likely N-dealkylation sites (N-methyl/N-ethyl adjacent to an activating group) is 1. The highest BCUT2D eigenvalue weighted by Gasteiger charge is 2.33. The van der Waals surface area contributed by atoms with Crippen LogP contribution in [0.5, 0.6) is 0 Å². The summed E-state index contributed by atoms with van der Waals surface area (Å²) in [5.74, 6) is -1.84. The van der Waals surface area contributed by atoms with E-state index in [0.717, 1.165) is 21.0 Å². The summed E-state index contributed by atoms with van der Waals surface area (Å²) in [4.78, 5) is 28.0. The first-order valence-corrected chi connectivity index (χ1v) is 14.3. The first-order chi connectivity index (χ1) is 17.9. The number of anilines is 1. The maximum absolute atomic E-state index is 14.6. The monoisotopic (exact) mass is 599 g/mol. The number of nitrogens with one attached hydrogen (secondary N) is 1. The molecule has 0 saturated heterocycles. The summed E-state index contributed by atoms with van der Waals surface area (Å²) in [6.45, 7) is -1.02. The molecule has 3 aromatic carbocycles. The van der Waals surface area contributed by atoms with Gasteiger partial charge in [-0.1, -0.05) is 83.3 Å². The molecule has 0 fully saturated rings. The average molecular weight is 601 g/mol. The Bertz CT molecular complexity index is 1420. The van der Waals surface area contributed by atoms with E-state index < -0.39 is 40.2 Å². The molecule has 7 nitrogen and oxygen atoms in total. The van der Waals surface area contributed by atoms with Crippen LogP contribution in [0.2, 0.25) is 15.1 Å². The van der Waals surface area contributed by atoms with Gasteiger partial charge in [0.05, 0.1) is 27.0 Å². The van der Waals surface area contributed by atoms with Crippen molar-refractivity contribution in [3.8, 4) is 0 Å². The Hall–Kier alpha value is -2.85. The van der Waals surface area contributed by atoms with Crippen molar-refractivity contribution >= 4 is 62.3 Å². The van der Waals surface area contributed by atoms with Crippen LogP contribution < -0.4 is 9.62 Å². The average Bonchev–Trinajstić information content (AvgIpc) is 2.87. The second-order valence-corrected chi connectivity index (χ2v) is 11.5. The summed E-state index contributed by atoms with van der Waals surface area (Å²) >= 11 is 18.4. The van der Waals surface area contributed by atoms with E-state index in [1.165, 1.54) is 37.4 Å². The molecular formula is C26H25Cl3FN3O4S. The molecule has 0 spiro atoms. The fourth-order valence-electron chi connectivity index (χ4n) is 3.83. The van der Waals surface area contributed by atoms with Crippen LogP contribution in [0.15, 0.2) is 66.7 Å². The minimum absolute atomic E-state index is 0.0303. The van der Waals surface area contributed by atoms with Crippen molar-refractivity contribution in [3.05, 3.63) is 98.7 Å². The lowest BCUT2D eigenvalue weighted by molar-refractivity contribution is -0.139. The van der Waals surface area contributed by atoms with Gasteiger partial charge in [0.2, 0.25) is 21.8 Å². The maximum atomic E-state index is 14.6. The third-order valence-corrected chi connectivity index (χ3v) is 7.90. The van der Waals surface area contributed by atoms with Crippen molar-refractivity contribution in [1.29, 1.82) is 0 Å². The Kier molecular flexibility index (Phi) is 10.0. The number of carbonyl (C=O) groups is 2. The number of benzene rings is 3. The quantitative estimate of drug-likeness (QED) is 0.334. The Morgan fingerprint density at radius 1 is 0.947 bits per heavy atom. The predicted molar refractivity (Wildman–Crippen MR) is 149 cm³/mol. The summed E-state index contributed by atoms with van der Waals surface area (Å²) < 4.78 is 41.0. The zero-order chi connectivity index (χ0) is 28.0. The third kappa shape index (κ3) is 7.38. The molecule has 0 radical (unpaired) electrons. The lowest BCUT2D eigenvalue weighted by Crippen LogP contribution is -2.53. The van der Waals surface area contributed by atoms with Gasteiger partial charge in [0, 0.05) is 25.6 Å². The van der Waals surface area contributed by atoms with Crippen LogP contribution in [-0.2, 0) is 32.6 Å². The number of rotatable bonds is 10. The van der Waals surface area contributed by atoms with E-state index in [2.05, 4.69) is 5.32 Å². The van der Waals surface area contributed by atoms with Crippen LogP contribution in [0.1, 0.15) is 11.1 Å². The van der Waals surface area contributed by atoms with Crippen molar-refractivity contribution < 1.29 is 22.4 Å². The number of halogens is 4. The Labute approximate surface area is 236 Å². The second kappa shape index (κ2) is 12.8. The van der Waals surface area contributed by atoms with Gasteiger partial charge < -0.3 is 10.2 Å². The van der Waals surface area contributed by atoms with E-state index in [0.29, 0.717) is 0 Å². The molecule has 1 unspecified atom stereocenters. The van der Waals surface area contributed by atoms with Crippen LogP contribution >= 0.6 is 34.8 Å². The molecule has 0 aromatic heterocycles. The van der Waals surface area contributed by atoms with E-state index in [9.17, 15) is 22.4 Å². The van der Waals surface area contributed by atoms with E-state index in [4.69, 9.17) is 34.8 Å². The Morgan fingerprint density at radius 2 is 1.55 bits per heavy atom. The molecule has 0 saturated carbocycles. The molecule has 0 aliphatic rings. The molecule has 12 heteroatoms. The molecule has 2 amide bonds. The lowest BCUT2D eigenvalue weighted by atomic mass is 10.0. The number of carbonyl (C=O) groups excluding carboxylic acids is 2. The van der Waals surface area contributed by atoms with Gasteiger partial charge in [-0.15, -0.1) is 0 Å². The SMILES string of the molecule is CNC(=O)C(Cc1ccccc1)N(Cc1ccccc1F)C(=O)CN(c1cc(Cl)c(Cl)cc1Cl)S(C)(=O)=O. The second-order valence-electron chi connectivity index (χ2n) is 8.42. The van der Waals surface area contributed by atoms with Crippen molar-refractivity contribution in [2.75, 3.05) is 24.2 Å². The highest BCUT2D eigenvalue weighted by Crippen LogP contribution is 2.35. The van der Waals surface area contributed by atoms with Crippen molar-refractivity contribution in [1.82, 2.24) is 10.2 Å². The van der Waals surface area contributed by atoms with E-state index in [1.54, 1.807) is 30.3 Å². The molecule has 0 heterocycles. The summed E-state index contributed by atoms with van der Waals surface area (Å²) in [5, 5.41) is 2.63. The highest BCUT2D eigenvalue weighted by molar-refractivity contribution is 7.92. The molecule has 1 atom stereocenters. The Balaban J connectivity index is 2.08. The molecular weight excluding hydrogens is 576 g/mol. The van der Waals surface area contributed by atoms with Gasteiger partial charge in [0.15, 0.2) is 0 Å². The number of amides is 2. The first-order valence-electron chi connectivity index (χ1n) is 11.3. The third-order valence-electron chi connectivity index (χ3n) is 5.75. The van der Waals surface area contributed by atoms with Gasteiger partial charge in [-0.2, -0.15) is 0 Å². The van der Waals surface area contributed by atoms with Gasteiger partial charge in [0.25, 0.3) is 0 Å². The Morgan fingerprint density at radius 3 is 2.16 bits per heavy atom. The molecule has 0 bridgehead atoms.